The summed E-state index contributed by atoms with van der Waals surface area (Å²) in [7, 11) is 0. The molecule has 0 aliphatic carbocycles. The van der Waals surface area contributed by atoms with Gasteiger partial charge >= 0.3 is 0 Å². The van der Waals surface area contributed by atoms with Gasteiger partial charge < -0.3 is 5.73 Å². The first-order chi connectivity index (χ1) is 5.77. The van der Waals surface area contributed by atoms with E-state index in [2.05, 4.69) is 28.4 Å². The maximum Gasteiger partial charge on any atom is 0.249 e. The topological polar surface area (TPSA) is 68.6 Å². The van der Waals surface area contributed by atoms with Crippen LogP contribution in [0.2, 0.25) is 0 Å². The van der Waals surface area contributed by atoms with Gasteiger partial charge in [0.2, 0.25) is 5.96 Å². The molecule has 0 fully saturated rings. The zero-order valence-electron chi connectivity index (χ0n) is 6.51. The summed E-state index contributed by atoms with van der Waals surface area (Å²) in [5, 5.41) is 3.88. The van der Waals surface area contributed by atoms with Crippen LogP contribution in [0.3, 0.4) is 0 Å². The van der Waals surface area contributed by atoms with Gasteiger partial charge in [0.15, 0.2) is 0 Å². The van der Waals surface area contributed by atoms with Gasteiger partial charge in [-0.25, -0.2) is 14.7 Å². The average Bonchev–Trinajstić information content (AvgIpc) is 2.47. The average molecular weight is 163 g/mol. The maximum atomic E-state index is 5.44. The van der Waals surface area contributed by atoms with Crippen molar-refractivity contribution in [2.24, 2.45) is 9.98 Å². The third kappa shape index (κ3) is 1.57. The number of rotatable bonds is 1. The van der Waals surface area contributed by atoms with Crippen molar-refractivity contribution in [3.63, 3.8) is 0 Å². The second-order valence-electron chi connectivity index (χ2n) is 1.99. The minimum atomic E-state index is 0.349. The SMILES string of the molecule is C=CN=C(N=C)n1cc(N)cn1. The molecule has 1 heterocycles. The van der Waals surface area contributed by atoms with E-state index in [0.717, 1.165) is 0 Å². The molecule has 0 spiro atoms. The molecule has 0 aliphatic heterocycles. The van der Waals surface area contributed by atoms with Crippen molar-refractivity contribution in [1.29, 1.82) is 0 Å². The van der Waals surface area contributed by atoms with Crippen LogP contribution in [0.15, 0.2) is 35.2 Å². The lowest BCUT2D eigenvalue weighted by Gasteiger charge is -1.95. The molecule has 1 rings (SSSR count). The van der Waals surface area contributed by atoms with Crippen LogP contribution >= 0.6 is 0 Å². The van der Waals surface area contributed by atoms with Crippen molar-refractivity contribution in [2.45, 2.75) is 0 Å². The first-order valence-electron chi connectivity index (χ1n) is 3.24. The van der Waals surface area contributed by atoms with Crippen LogP contribution in [0, 0.1) is 0 Å². The zero-order valence-corrected chi connectivity index (χ0v) is 6.51. The molecule has 1 aromatic heterocycles. The van der Waals surface area contributed by atoms with Gasteiger partial charge in [-0.3, -0.25) is 0 Å². The molecular formula is C7H9N5. The standard InChI is InChI=1S/C7H9N5/c1-3-10-7(9-2)12-5-6(8)4-11-12/h3-5H,1-2,8H2. The molecule has 0 unspecified atom stereocenters. The van der Waals surface area contributed by atoms with E-state index >= 15 is 0 Å². The van der Waals surface area contributed by atoms with Gasteiger partial charge in [0.1, 0.15) is 0 Å². The fraction of sp³-hybridized carbons (Fsp3) is 0. The van der Waals surface area contributed by atoms with Crippen molar-refractivity contribution >= 4 is 18.4 Å². The predicted octanol–water partition coefficient (Wildman–Crippen LogP) is 0.513. The third-order valence-electron chi connectivity index (χ3n) is 1.16. The van der Waals surface area contributed by atoms with Gasteiger partial charge in [-0.05, 0) is 6.72 Å². The van der Waals surface area contributed by atoms with Gasteiger partial charge in [0.05, 0.1) is 18.1 Å². The molecular weight excluding hydrogens is 154 g/mol. The van der Waals surface area contributed by atoms with E-state index in [1.165, 1.54) is 17.1 Å². The van der Waals surface area contributed by atoms with E-state index in [-0.39, 0.29) is 0 Å². The highest BCUT2D eigenvalue weighted by Crippen LogP contribution is 1.98. The van der Waals surface area contributed by atoms with Crippen molar-refractivity contribution in [3.05, 3.63) is 25.2 Å². The maximum absolute atomic E-state index is 5.44. The lowest BCUT2D eigenvalue weighted by atomic mass is 10.6. The first kappa shape index (κ1) is 8.19. The fourth-order valence-electron chi connectivity index (χ4n) is 0.700. The Balaban J connectivity index is 3.02. The molecule has 2 N–H and O–H groups in total. The van der Waals surface area contributed by atoms with Crippen LogP contribution in [-0.2, 0) is 0 Å². The van der Waals surface area contributed by atoms with Crippen LogP contribution in [-0.4, -0.2) is 22.5 Å². The second-order valence-corrected chi connectivity index (χ2v) is 1.99. The molecule has 5 heteroatoms. The Kier molecular flexibility index (Phi) is 2.37. The lowest BCUT2D eigenvalue weighted by Crippen LogP contribution is -2.08. The lowest BCUT2D eigenvalue weighted by molar-refractivity contribution is 0.921. The van der Waals surface area contributed by atoms with Gasteiger partial charge in [0.25, 0.3) is 0 Å². The summed E-state index contributed by atoms with van der Waals surface area (Å²) in [6, 6.07) is 0. The first-order valence-corrected chi connectivity index (χ1v) is 3.24. The summed E-state index contributed by atoms with van der Waals surface area (Å²) in [5.41, 5.74) is 5.99. The summed E-state index contributed by atoms with van der Waals surface area (Å²) < 4.78 is 1.42. The molecule has 0 amide bonds. The van der Waals surface area contributed by atoms with Crippen LogP contribution in [0.25, 0.3) is 0 Å². The molecule has 0 saturated carbocycles. The van der Waals surface area contributed by atoms with E-state index in [4.69, 9.17) is 5.73 Å². The number of nitrogens with two attached hydrogens (primary N) is 1. The van der Waals surface area contributed by atoms with Crippen LogP contribution in [0.4, 0.5) is 5.69 Å². The fourth-order valence-corrected chi connectivity index (χ4v) is 0.700. The van der Waals surface area contributed by atoms with E-state index in [9.17, 15) is 0 Å². The van der Waals surface area contributed by atoms with Gasteiger partial charge in [-0.15, -0.1) is 0 Å². The van der Waals surface area contributed by atoms with E-state index < -0.39 is 0 Å². The summed E-state index contributed by atoms with van der Waals surface area (Å²) in [6.07, 6.45) is 4.46. The predicted molar refractivity (Wildman–Crippen MR) is 49.2 cm³/mol. The summed E-state index contributed by atoms with van der Waals surface area (Å²) in [4.78, 5) is 7.46. The Bertz CT molecular complexity index is 322. The smallest absolute Gasteiger partial charge is 0.249 e. The normalized spacial score (nSPS) is 11.2. The van der Waals surface area contributed by atoms with Crippen LogP contribution in [0.5, 0.6) is 0 Å². The number of aliphatic imine (C=N–C) groups is 2. The van der Waals surface area contributed by atoms with Crippen molar-refractivity contribution in [1.82, 2.24) is 9.78 Å². The molecule has 62 valence electrons. The quantitative estimate of drug-likeness (QED) is 0.484. The Labute approximate surface area is 69.9 Å². The summed E-state index contributed by atoms with van der Waals surface area (Å²) >= 11 is 0. The number of nitrogen functional groups attached to an aromatic ring is 1. The highest BCUT2D eigenvalue weighted by molar-refractivity contribution is 5.86. The Morgan fingerprint density at radius 2 is 2.50 bits per heavy atom. The molecule has 5 nitrogen and oxygen atoms in total. The number of hydrogen-bond acceptors (Lipinski definition) is 3. The molecule has 12 heavy (non-hydrogen) atoms. The van der Waals surface area contributed by atoms with Gasteiger partial charge in [-0.1, -0.05) is 6.58 Å². The number of hydrogen-bond donors (Lipinski definition) is 1. The third-order valence-corrected chi connectivity index (χ3v) is 1.16. The minimum absolute atomic E-state index is 0.349. The van der Waals surface area contributed by atoms with E-state index in [1.54, 1.807) is 6.20 Å². The van der Waals surface area contributed by atoms with Gasteiger partial charge in [-0.2, -0.15) is 5.10 Å². The molecule has 1 aromatic rings. The molecule has 0 bridgehead atoms. The number of nitrogens with zero attached hydrogens (tertiary/aromatic N) is 4. The highest BCUT2D eigenvalue weighted by atomic mass is 15.3. The number of anilines is 1. The van der Waals surface area contributed by atoms with E-state index in [0.29, 0.717) is 11.6 Å². The summed E-state index contributed by atoms with van der Waals surface area (Å²) in [6.45, 7) is 6.77. The zero-order chi connectivity index (χ0) is 8.97. The van der Waals surface area contributed by atoms with Gasteiger partial charge in [0, 0.05) is 6.20 Å². The number of aromatic nitrogens is 2. The largest absolute Gasteiger partial charge is 0.396 e. The van der Waals surface area contributed by atoms with Crippen molar-refractivity contribution in [2.75, 3.05) is 5.73 Å². The highest BCUT2D eigenvalue weighted by Gasteiger charge is 1.98. The minimum Gasteiger partial charge on any atom is -0.396 e. The molecule has 0 aromatic carbocycles. The van der Waals surface area contributed by atoms with Crippen LogP contribution in [0.1, 0.15) is 0 Å². The molecule has 0 radical (unpaired) electrons. The van der Waals surface area contributed by atoms with Crippen molar-refractivity contribution < 1.29 is 0 Å². The Hall–Kier alpha value is -1.91. The Morgan fingerprint density at radius 3 is 2.92 bits per heavy atom. The molecule has 0 aliphatic rings. The summed E-state index contributed by atoms with van der Waals surface area (Å²) in [5.74, 6) is 0.349. The second kappa shape index (κ2) is 3.47. The monoisotopic (exact) mass is 163 g/mol. The Morgan fingerprint density at radius 1 is 1.75 bits per heavy atom. The van der Waals surface area contributed by atoms with E-state index in [1.807, 2.05) is 0 Å². The molecule has 0 atom stereocenters. The molecule has 0 saturated heterocycles. The van der Waals surface area contributed by atoms with Crippen LogP contribution < -0.4 is 5.73 Å². The van der Waals surface area contributed by atoms with Crippen molar-refractivity contribution in [3.8, 4) is 0 Å².